The van der Waals surface area contributed by atoms with E-state index in [9.17, 15) is 4.79 Å². The molecule has 0 spiro atoms. The largest absolute Gasteiger partial charge is 0.348 e. The molecule has 2 heterocycles. The standard InChI is InChI=1S/C20H28ClN3OS2/c1-3-5-8-18-22-19(25)24(23-18)17-14-15(9-10-16(17)21)20(11-6-4-2)26-12-7-13-27-20/h9-10,14H,3-8,11-13H2,1-2H3,(H,22,23,25). The Morgan fingerprint density at radius 2 is 1.96 bits per heavy atom. The summed E-state index contributed by atoms with van der Waals surface area (Å²) in [5, 5.41) is 5.06. The lowest BCUT2D eigenvalue weighted by molar-refractivity contribution is 0.670. The number of nitrogens with one attached hydrogen (secondary N) is 1. The van der Waals surface area contributed by atoms with E-state index in [0.29, 0.717) is 10.7 Å². The van der Waals surface area contributed by atoms with Crippen molar-refractivity contribution in [1.82, 2.24) is 14.8 Å². The molecule has 1 N–H and O–H groups in total. The average molecular weight is 426 g/mol. The maximum atomic E-state index is 12.5. The van der Waals surface area contributed by atoms with Crippen LogP contribution in [0.3, 0.4) is 0 Å². The highest BCUT2D eigenvalue weighted by Crippen LogP contribution is 2.54. The Bertz CT molecular complexity index is 812. The number of aromatic amines is 1. The first-order valence-corrected chi connectivity index (χ1v) is 12.2. The first-order chi connectivity index (χ1) is 13.1. The quantitative estimate of drug-likeness (QED) is 0.583. The van der Waals surface area contributed by atoms with Gasteiger partial charge in [-0.15, -0.1) is 23.5 Å². The molecule has 1 aromatic carbocycles. The van der Waals surface area contributed by atoms with Gasteiger partial charge in [0.1, 0.15) is 5.82 Å². The van der Waals surface area contributed by atoms with Crippen molar-refractivity contribution in [2.24, 2.45) is 0 Å². The van der Waals surface area contributed by atoms with E-state index in [-0.39, 0.29) is 9.77 Å². The van der Waals surface area contributed by atoms with E-state index in [0.717, 1.165) is 31.5 Å². The van der Waals surface area contributed by atoms with Gasteiger partial charge in [-0.05, 0) is 48.5 Å². The zero-order valence-electron chi connectivity index (χ0n) is 16.1. The van der Waals surface area contributed by atoms with Gasteiger partial charge >= 0.3 is 5.69 Å². The molecule has 7 heteroatoms. The van der Waals surface area contributed by atoms with E-state index >= 15 is 0 Å². The summed E-state index contributed by atoms with van der Waals surface area (Å²) in [5.74, 6) is 3.08. The smallest absolute Gasteiger partial charge is 0.292 e. The highest BCUT2D eigenvalue weighted by Gasteiger charge is 2.35. The minimum absolute atomic E-state index is 0.0541. The lowest BCUT2D eigenvalue weighted by Gasteiger charge is -2.37. The van der Waals surface area contributed by atoms with Crippen molar-refractivity contribution in [2.75, 3.05) is 11.5 Å². The Labute approximate surface area is 174 Å². The van der Waals surface area contributed by atoms with Crippen LogP contribution in [0.5, 0.6) is 0 Å². The van der Waals surface area contributed by atoms with Gasteiger partial charge in [-0.2, -0.15) is 9.78 Å². The van der Waals surface area contributed by atoms with Crippen LogP contribution >= 0.6 is 35.1 Å². The molecule has 2 aromatic rings. The fraction of sp³-hybridized carbons (Fsp3) is 0.600. The van der Waals surface area contributed by atoms with Gasteiger partial charge < -0.3 is 0 Å². The van der Waals surface area contributed by atoms with Crippen molar-refractivity contribution in [1.29, 1.82) is 0 Å². The van der Waals surface area contributed by atoms with E-state index in [1.165, 1.54) is 41.0 Å². The van der Waals surface area contributed by atoms with E-state index in [2.05, 4.69) is 36.1 Å². The van der Waals surface area contributed by atoms with Gasteiger partial charge in [-0.25, -0.2) is 4.79 Å². The number of benzene rings is 1. The summed E-state index contributed by atoms with van der Waals surface area (Å²) < 4.78 is 1.49. The van der Waals surface area contributed by atoms with Gasteiger partial charge in [0.15, 0.2) is 0 Å². The van der Waals surface area contributed by atoms with Crippen molar-refractivity contribution in [3.8, 4) is 5.69 Å². The number of aryl methyl sites for hydroxylation is 1. The third-order valence-electron chi connectivity index (χ3n) is 4.86. The van der Waals surface area contributed by atoms with Gasteiger partial charge in [-0.3, -0.25) is 4.98 Å². The molecule has 0 unspecified atom stereocenters. The number of unbranched alkanes of at least 4 members (excludes halogenated alkanes) is 2. The molecule has 1 aromatic heterocycles. The third-order valence-corrected chi connectivity index (χ3v) is 8.69. The van der Waals surface area contributed by atoms with Crippen LogP contribution in [0.15, 0.2) is 23.0 Å². The Balaban J connectivity index is 1.98. The molecule has 0 bridgehead atoms. The van der Waals surface area contributed by atoms with Crippen molar-refractivity contribution < 1.29 is 0 Å². The minimum Gasteiger partial charge on any atom is -0.292 e. The van der Waals surface area contributed by atoms with E-state index < -0.39 is 0 Å². The summed E-state index contributed by atoms with van der Waals surface area (Å²) in [6.45, 7) is 4.37. The van der Waals surface area contributed by atoms with Gasteiger partial charge in [0.05, 0.1) is 14.8 Å². The fourth-order valence-corrected chi connectivity index (χ4v) is 6.95. The SMILES string of the molecule is CCCCc1nn(-c2cc(C3(CCCC)SCCCS3)ccc2Cl)c(=O)[nH]1. The Hall–Kier alpha value is -0.850. The van der Waals surface area contributed by atoms with Gasteiger partial charge in [0, 0.05) is 6.42 Å². The molecular formula is C20H28ClN3OS2. The first-order valence-electron chi connectivity index (χ1n) is 9.86. The zero-order chi connectivity index (χ0) is 19.3. The molecule has 1 fully saturated rings. The van der Waals surface area contributed by atoms with Crippen LogP contribution in [0, 0.1) is 0 Å². The summed E-state index contributed by atoms with van der Waals surface area (Å²) in [6, 6.07) is 6.13. The maximum Gasteiger partial charge on any atom is 0.348 e. The number of rotatable bonds is 8. The van der Waals surface area contributed by atoms with Crippen molar-refractivity contribution in [3.05, 3.63) is 45.1 Å². The Morgan fingerprint density at radius 3 is 2.67 bits per heavy atom. The highest BCUT2D eigenvalue weighted by molar-refractivity contribution is 8.18. The van der Waals surface area contributed by atoms with Crippen molar-refractivity contribution in [3.63, 3.8) is 0 Å². The lowest BCUT2D eigenvalue weighted by atomic mass is 10.0. The second kappa shape index (κ2) is 9.57. The maximum absolute atomic E-state index is 12.5. The van der Waals surface area contributed by atoms with Crippen LogP contribution in [-0.2, 0) is 10.5 Å². The number of hydrogen-bond acceptors (Lipinski definition) is 4. The predicted molar refractivity (Wildman–Crippen MR) is 119 cm³/mol. The number of thioether (sulfide) groups is 2. The predicted octanol–water partition coefficient (Wildman–Crippen LogP) is 5.77. The van der Waals surface area contributed by atoms with Crippen LogP contribution in [0.25, 0.3) is 5.69 Å². The Morgan fingerprint density at radius 1 is 1.22 bits per heavy atom. The van der Waals surface area contributed by atoms with Crippen LogP contribution in [0.2, 0.25) is 5.02 Å². The molecule has 3 rings (SSSR count). The summed E-state index contributed by atoms with van der Waals surface area (Å²) in [4.78, 5) is 15.3. The molecule has 0 radical (unpaired) electrons. The van der Waals surface area contributed by atoms with Crippen LogP contribution in [0.4, 0.5) is 0 Å². The van der Waals surface area contributed by atoms with Crippen LogP contribution in [0.1, 0.15) is 63.8 Å². The molecule has 0 amide bonds. The molecule has 0 aliphatic carbocycles. The molecule has 1 aliphatic heterocycles. The number of H-pyrrole nitrogens is 1. The molecule has 1 aliphatic rings. The van der Waals surface area contributed by atoms with Crippen LogP contribution < -0.4 is 5.69 Å². The van der Waals surface area contributed by atoms with Gasteiger partial charge in [0.2, 0.25) is 0 Å². The molecular weight excluding hydrogens is 398 g/mol. The van der Waals surface area contributed by atoms with Crippen molar-refractivity contribution >= 4 is 35.1 Å². The molecule has 1 saturated heterocycles. The highest BCUT2D eigenvalue weighted by atomic mass is 35.5. The van der Waals surface area contributed by atoms with E-state index in [1.807, 2.05) is 29.6 Å². The average Bonchev–Trinajstić information content (AvgIpc) is 3.06. The summed E-state index contributed by atoms with van der Waals surface area (Å²) in [7, 11) is 0. The van der Waals surface area contributed by atoms with Crippen molar-refractivity contribution in [2.45, 2.75) is 62.9 Å². The molecule has 0 atom stereocenters. The van der Waals surface area contributed by atoms with Gasteiger partial charge in [-0.1, -0.05) is 50.8 Å². The molecule has 4 nitrogen and oxygen atoms in total. The number of nitrogens with zero attached hydrogens (tertiary/aromatic N) is 2. The number of aromatic nitrogens is 3. The van der Waals surface area contributed by atoms with Gasteiger partial charge in [0.25, 0.3) is 0 Å². The van der Waals surface area contributed by atoms with Crippen LogP contribution in [-0.4, -0.2) is 26.3 Å². The molecule has 27 heavy (non-hydrogen) atoms. The minimum atomic E-state index is -0.216. The molecule has 148 valence electrons. The fourth-order valence-electron chi connectivity index (χ4n) is 3.34. The summed E-state index contributed by atoms with van der Waals surface area (Å²) >= 11 is 10.6. The Kier molecular flexibility index (Phi) is 7.40. The second-order valence-electron chi connectivity index (χ2n) is 6.97. The normalized spacial score (nSPS) is 16.6. The lowest BCUT2D eigenvalue weighted by Crippen LogP contribution is -2.24. The third kappa shape index (κ3) is 4.77. The summed E-state index contributed by atoms with van der Waals surface area (Å²) in [5.41, 5.74) is 1.71. The second-order valence-corrected chi connectivity index (χ2v) is 10.4. The zero-order valence-corrected chi connectivity index (χ0v) is 18.5. The molecule has 0 saturated carbocycles. The first kappa shape index (κ1) is 20.9. The summed E-state index contributed by atoms with van der Waals surface area (Å²) in [6.07, 6.45) is 7.63. The number of halogens is 1. The monoisotopic (exact) mass is 425 g/mol. The topological polar surface area (TPSA) is 50.7 Å². The van der Waals surface area contributed by atoms with E-state index in [4.69, 9.17) is 11.6 Å². The van der Waals surface area contributed by atoms with E-state index in [1.54, 1.807) is 0 Å². The number of hydrogen-bond donors (Lipinski definition) is 1.